The first-order valence-electron chi connectivity index (χ1n) is 6.94. The number of benzene rings is 1. The monoisotopic (exact) mass is 329 g/mol. The average molecular weight is 330 g/mol. The van der Waals surface area contributed by atoms with Gasteiger partial charge in [-0.15, -0.1) is 12.4 Å². The van der Waals surface area contributed by atoms with Gasteiger partial charge in [0.1, 0.15) is 5.75 Å². The Balaban J connectivity index is 0.00000242. The molecule has 8 heteroatoms. The summed E-state index contributed by atoms with van der Waals surface area (Å²) in [6, 6.07) is 6.35. The average Bonchev–Trinajstić information content (AvgIpc) is 2.45. The van der Waals surface area contributed by atoms with Crippen LogP contribution in [0.15, 0.2) is 24.3 Å². The molecule has 0 radical (unpaired) electrons. The van der Waals surface area contributed by atoms with E-state index in [1.165, 1.54) is 18.2 Å². The zero-order chi connectivity index (χ0) is 15.2. The lowest BCUT2D eigenvalue weighted by Crippen LogP contribution is -2.47. The molecular weight excluding hydrogens is 310 g/mol. The first-order chi connectivity index (χ1) is 10.0. The van der Waals surface area contributed by atoms with Gasteiger partial charge in [-0.25, -0.2) is 0 Å². The number of hydrogen-bond donors (Lipinski definition) is 2. The number of piperidine rings is 1. The van der Waals surface area contributed by atoms with Gasteiger partial charge in [0.15, 0.2) is 6.61 Å². The molecule has 0 aromatic heterocycles. The summed E-state index contributed by atoms with van der Waals surface area (Å²) in [5.41, 5.74) is -0.0555. The number of nitrogens with one attached hydrogen (secondary N) is 2. The summed E-state index contributed by atoms with van der Waals surface area (Å²) >= 11 is 0. The van der Waals surface area contributed by atoms with Crippen molar-refractivity contribution in [3.8, 4) is 5.75 Å². The van der Waals surface area contributed by atoms with Crippen molar-refractivity contribution >= 4 is 24.0 Å². The SMILES string of the molecule is CC1CC(NC(=O)COc2cccc([N+](=O)[O-])c2)CCN1.Cl. The molecule has 1 amide bonds. The van der Waals surface area contributed by atoms with Crippen molar-refractivity contribution in [2.24, 2.45) is 0 Å². The van der Waals surface area contributed by atoms with Crippen LogP contribution in [0.1, 0.15) is 19.8 Å². The number of non-ortho nitro benzene ring substituents is 1. The van der Waals surface area contributed by atoms with E-state index in [4.69, 9.17) is 4.74 Å². The van der Waals surface area contributed by atoms with Crippen LogP contribution in [0, 0.1) is 10.1 Å². The number of nitro benzene ring substituents is 1. The maximum Gasteiger partial charge on any atom is 0.273 e. The highest BCUT2D eigenvalue weighted by atomic mass is 35.5. The van der Waals surface area contributed by atoms with E-state index in [0.717, 1.165) is 19.4 Å². The van der Waals surface area contributed by atoms with Crippen LogP contribution in [0.3, 0.4) is 0 Å². The highest BCUT2D eigenvalue weighted by Crippen LogP contribution is 2.18. The number of nitrogens with zero attached hydrogens (tertiary/aromatic N) is 1. The lowest BCUT2D eigenvalue weighted by atomic mass is 10.0. The Morgan fingerprint density at radius 1 is 1.55 bits per heavy atom. The van der Waals surface area contributed by atoms with Gasteiger partial charge >= 0.3 is 0 Å². The van der Waals surface area contributed by atoms with Gasteiger partial charge < -0.3 is 15.4 Å². The van der Waals surface area contributed by atoms with E-state index in [1.807, 2.05) is 0 Å². The van der Waals surface area contributed by atoms with Crippen molar-refractivity contribution in [1.29, 1.82) is 0 Å². The first-order valence-corrected chi connectivity index (χ1v) is 6.94. The van der Waals surface area contributed by atoms with Crippen LogP contribution in [0.5, 0.6) is 5.75 Å². The Labute approximate surface area is 135 Å². The lowest BCUT2D eigenvalue weighted by Gasteiger charge is -2.28. The molecule has 1 fully saturated rings. The Hall–Kier alpha value is -1.86. The Morgan fingerprint density at radius 3 is 3.00 bits per heavy atom. The fourth-order valence-electron chi connectivity index (χ4n) is 2.37. The van der Waals surface area contributed by atoms with Crippen LogP contribution in [0.2, 0.25) is 0 Å². The minimum atomic E-state index is -0.497. The molecule has 1 heterocycles. The molecule has 7 nitrogen and oxygen atoms in total. The summed E-state index contributed by atoms with van der Waals surface area (Å²) in [4.78, 5) is 22.0. The van der Waals surface area contributed by atoms with Crippen molar-refractivity contribution < 1.29 is 14.5 Å². The number of hydrogen-bond acceptors (Lipinski definition) is 5. The third-order valence-corrected chi connectivity index (χ3v) is 3.39. The molecule has 1 aliphatic rings. The third-order valence-electron chi connectivity index (χ3n) is 3.39. The molecule has 122 valence electrons. The summed E-state index contributed by atoms with van der Waals surface area (Å²) in [5, 5.41) is 16.9. The van der Waals surface area contributed by atoms with Gasteiger partial charge in [0.25, 0.3) is 11.6 Å². The van der Waals surface area contributed by atoms with Crippen molar-refractivity contribution in [2.45, 2.75) is 31.8 Å². The zero-order valence-electron chi connectivity index (χ0n) is 12.3. The number of carbonyl (C=O) groups excluding carboxylic acids is 1. The predicted octanol–water partition coefficient (Wildman–Crippen LogP) is 1.65. The smallest absolute Gasteiger partial charge is 0.273 e. The van der Waals surface area contributed by atoms with Crippen LogP contribution >= 0.6 is 12.4 Å². The van der Waals surface area contributed by atoms with Gasteiger partial charge in [-0.3, -0.25) is 14.9 Å². The van der Waals surface area contributed by atoms with Crippen LogP contribution < -0.4 is 15.4 Å². The highest BCUT2D eigenvalue weighted by Gasteiger charge is 2.20. The summed E-state index contributed by atoms with van der Waals surface area (Å²) in [5.74, 6) is 0.110. The fourth-order valence-corrected chi connectivity index (χ4v) is 2.37. The summed E-state index contributed by atoms with van der Waals surface area (Å²) in [6.45, 7) is 2.83. The zero-order valence-corrected chi connectivity index (χ0v) is 13.1. The number of halogens is 1. The lowest BCUT2D eigenvalue weighted by molar-refractivity contribution is -0.384. The number of rotatable bonds is 5. The molecule has 1 aromatic rings. The first kappa shape index (κ1) is 18.2. The van der Waals surface area contributed by atoms with Gasteiger partial charge in [0.2, 0.25) is 0 Å². The molecule has 2 rings (SSSR count). The molecule has 22 heavy (non-hydrogen) atoms. The Kier molecular flexibility index (Phi) is 7.07. The minimum Gasteiger partial charge on any atom is -0.484 e. The molecule has 1 aromatic carbocycles. The Morgan fingerprint density at radius 2 is 2.32 bits per heavy atom. The van der Waals surface area contributed by atoms with Crippen LogP contribution in [0.4, 0.5) is 5.69 Å². The van der Waals surface area contributed by atoms with Crippen LogP contribution in [-0.2, 0) is 4.79 Å². The second-order valence-corrected chi connectivity index (χ2v) is 5.19. The molecule has 0 aliphatic carbocycles. The maximum atomic E-state index is 11.8. The summed E-state index contributed by atoms with van der Waals surface area (Å²) < 4.78 is 5.29. The molecule has 1 aliphatic heterocycles. The highest BCUT2D eigenvalue weighted by molar-refractivity contribution is 5.85. The van der Waals surface area contributed by atoms with Crippen molar-refractivity contribution in [1.82, 2.24) is 10.6 Å². The van der Waals surface area contributed by atoms with E-state index in [-0.39, 0.29) is 36.7 Å². The topological polar surface area (TPSA) is 93.5 Å². The minimum absolute atomic E-state index is 0. The van der Waals surface area contributed by atoms with Gasteiger partial charge in [0, 0.05) is 18.2 Å². The normalized spacial score (nSPS) is 20.6. The molecule has 1 saturated heterocycles. The number of nitro groups is 1. The van der Waals surface area contributed by atoms with E-state index in [1.54, 1.807) is 6.07 Å². The molecule has 2 unspecified atom stereocenters. The second-order valence-electron chi connectivity index (χ2n) is 5.19. The predicted molar refractivity (Wildman–Crippen MR) is 84.5 cm³/mol. The number of amides is 1. The largest absolute Gasteiger partial charge is 0.484 e. The van der Waals surface area contributed by atoms with E-state index in [0.29, 0.717) is 11.8 Å². The van der Waals surface area contributed by atoms with Gasteiger partial charge in [-0.05, 0) is 32.4 Å². The van der Waals surface area contributed by atoms with Gasteiger partial charge in [-0.1, -0.05) is 6.07 Å². The number of ether oxygens (including phenoxy) is 1. The van der Waals surface area contributed by atoms with Crippen LogP contribution in [-0.4, -0.2) is 36.1 Å². The molecule has 0 saturated carbocycles. The maximum absolute atomic E-state index is 11.8. The number of carbonyl (C=O) groups is 1. The Bertz CT molecular complexity index is 527. The fraction of sp³-hybridized carbons (Fsp3) is 0.500. The standard InChI is InChI=1S/C14H19N3O4.ClH/c1-10-7-11(5-6-15-10)16-14(18)9-21-13-4-2-3-12(8-13)17(19)20;/h2-4,8,10-11,15H,5-7,9H2,1H3,(H,16,18);1H. The van der Waals surface area contributed by atoms with E-state index in [2.05, 4.69) is 17.6 Å². The molecule has 0 bridgehead atoms. The van der Waals surface area contributed by atoms with Gasteiger partial charge in [0.05, 0.1) is 11.0 Å². The molecule has 2 atom stereocenters. The quantitative estimate of drug-likeness (QED) is 0.633. The van der Waals surface area contributed by atoms with Crippen LogP contribution in [0.25, 0.3) is 0 Å². The second kappa shape index (κ2) is 8.55. The van der Waals surface area contributed by atoms with Crippen molar-refractivity contribution in [3.63, 3.8) is 0 Å². The van der Waals surface area contributed by atoms with Crippen molar-refractivity contribution in [3.05, 3.63) is 34.4 Å². The summed E-state index contributed by atoms with van der Waals surface area (Å²) in [7, 11) is 0. The van der Waals surface area contributed by atoms with E-state index < -0.39 is 4.92 Å². The molecule has 0 spiro atoms. The van der Waals surface area contributed by atoms with Crippen molar-refractivity contribution in [2.75, 3.05) is 13.2 Å². The molecular formula is C14H20ClN3O4. The van der Waals surface area contributed by atoms with E-state index >= 15 is 0 Å². The third kappa shape index (κ3) is 5.50. The van der Waals surface area contributed by atoms with Gasteiger partial charge in [-0.2, -0.15) is 0 Å². The summed E-state index contributed by atoms with van der Waals surface area (Å²) in [6.07, 6.45) is 1.79. The molecule has 2 N–H and O–H groups in total. The van der Waals surface area contributed by atoms with E-state index in [9.17, 15) is 14.9 Å².